The van der Waals surface area contributed by atoms with Gasteiger partial charge in [-0.15, -0.1) is 0 Å². The van der Waals surface area contributed by atoms with Gasteiger partial charge in [-0.3, -0.25) is 0 Å². The van der Waals surface area contributed by atoms with Crippen LogP contribution in [-0.2, 0) is 4.74 Å². The number of rotatable bonds is 10. The summed E-state index contributed by atoms with van der Waals surface area (Å²) in [5, 5.41) is 12.4. The van der Waals surface area contributed by atoms with Crippen LogP contribution >= 0.6 is 0 Å². The van der Waals surface area contributed by atoms with Crippen LogP contribution in [0.25, 0.3) is 0 Å². The maximum Gasteiger partial charge on any atom is 0.0610 e. The topological polar surface area (TPSA) is 44.7 Å². The highest BCUT2D eigenvalue weighted by atomic mass is 16.5. The molecular weight excluding hydrogens is 204 g/mol. The van der Waals surface area contributed by atoms with Gasteiger partial charge in [0.2, 0.25) is 0 Å². The molecule has 0 aliphatic rings. The fourth-order valence-corrected chi connectivity index (χ4v) is 1.50. The molecule has 0 aliphatic carbocycles. The first-order valence-corrected chi connectivity index (χ1v) is 6.14. The number of aliphatic hydroxyl groups excluding tert-OH is 1. The summed E-state index contributed by atoms with van der Waals surface area (Å²) in [6, 6.07) is 0. The summed E-state index contributed by atoms with van der Waals surface area (Å²) in [4.78, 5) is 2.27. The van der Waals surface area contributed by atoms with E-state index in [1.54, 1.807) is 0 Å². The van der Waals surface area contributed by atoms with Crippen LogP contribution < -0.4 is 5.32 Å². The molecule has 0 spiro atoms. The molecule has 0 aromatic heterocycles. The SMILES string of the molecule is CCOCCN(C)CCCC(C)(CO)NC. The average molecular weight is 232 g/mol. The summed E-state index contributed by atoms with van der Waals surface area (Å²) < 4.78 is 5.30. The summed E-state index contributed by atoms with van der Waals surface area (Å²) in [6.45, 7) is 7.86. The van der Waals surface area contributed by atoms with Gasteiger partial charge in [0.1, 0.15) is 0 Å². The van der Waals surface area contributed by atoms with Gasteiger partial charge >= 0.3 is 0 Å². The van der Waals surface area contributed by atoms with Gasteiger partial charge in [-0.05, 0) is 47.3 Å². The van der Waals surface area contributed by atoms with Gasteiger partial charge in [0, 0.05) is 18.7 Å². The maximum absolute atomic E-state index is 9.23. The number of hydrogen-bond acceptors (Lipinski definition) is 4. The third-order valence-electron chi connectivity index (χ3n) is 3.04. The molecule has 0 aliphatic heterocycles. The second kappa shape index (κ2) is 8.93. The summed E-state index contributed by atoms with van der Waals surface area (Å²) in [5.41, 5.74) is -0.138. The maximum atomic E-state index is 9.23. The van der Waals surface area contributed by atoms with Crippen molar-refractivity contribution in [1.29, 1.82) is 0 Å². The predicted molar refractivity (Wildman–Crippen MR) is 67.8 cm³/mol. The van der Waals surface area contributed by atoms with Crippen LogP contribution in [0.5, 0.6) is 0 Å². The fraction of sp³-hybridized carbons (Fsp3) is 1.00. The quantitative estimate of drug-likeness (QED) is 0.544. The van der Waals surface area contributed by atoms with E-state index in [0.29, 0.717) is 0 Å². The first-order chi connectivity index (χ1) is 7.58. The molecule has 0 aromatic carbocycles. The second-order valence-electron chi connectivity index (χ2n) is 4.57. The van der Waals surface area contributed by atoms with E-state index >= 15 is 0 Å². The monoisotopic (exact) mass is 232 g/mol. The van der Waals surface area contributed by atoms with Gasteiger partial charge in [0.25, 0.3) is 0 Å². The zero-order valence-corrected chi connectivity index (χ0v) is 11.3. The highest BCUT2D eigenvalue weighted by Gasteiger charge is 2.19. The Balaban J connectivity index is 3.56. The highest BCUT2D eigenvalue weighted by Crippen LogP contribution is 2.10. The molecule has 0 heterocycles. The van der Waals surface area contributed by atoms with E-state index in [9.17, 15) is 5.11 Å². The van der Waals surface area contributed by atoms with E-state index in [4.69, 9.17) is 4.74 Å². The molecule has 4 nitrogen and oxygen atoms in total. The van der Waals surface area contributed by atoms with Gasteiger partial charge in [-0.25, -0.2) is 0 Å². The van der Waals surface area contributed by atoms with E-state index in [2.05, 4.69) is 17.3 Å². The lowest BCUT2D eigenvalue weighted by atomic mass is 9.97. The third kappa shape index (κ3) is 7.17. The standard InChI is InChI=1S/C12H28N2O2/c1-5-16-10-9-14(4)8-6-7-12(2,11-15)13-3/h13,15H,5-11H2,1-4H3. The molecule has 0 rings (SSSR count). The first kappa shape index (κ1) is 15.8. The lowest BCUT2D eigenvalue weighted by Gasteiger charge is -2.27. The molecule has 0 amide bonds. The minimum atomic E-state index is -0.138. The van der Waals surface area contributed by atoms with E-state index in [1.807, 2.05) is 20.9 Å². The molecule has 0 radical (unpaired) electrons. The van der Waals surface area contributed by atoms with Crippen molar-refractivity contribution in [2.45, 2.75) is 32.2 Å². The lowest BCUT2D eigenvalue weighted by molar-refractivity contribution is 0.118. The number of likely N-dealkylation sites (N-methyl/N-ethyl adjacent to an activating group) is 2. The number of nitrogens with zero attached hydrogens (tertiary/aromatic N) is 1. The van der Waals surface area contributed by atoms with Gasteiger partial charge in [0.15, 0.2) is 0 Å². The molecule has 0 bridgehead atoms. The summed E-state index contributed by atoms with van der Waals surface area (Å²) in [6.07, 6.45) is 2.07. The summed E-state index contributed by atoms with van der Waals surface area (Å²) in [7, 11) is 4.00. The van der Waals surface area contributed by atoms with Crippen molar-refractivity contribution < 1.29 is 9.84 Å². The molecule has 16 heavy (non-hydrogen) atoms. The van der Waals surface area contributed by atoms with Crippen LogP contribution in [0.4, 0.5) is 0 Å². The molecule has 0 saturated carbocycles. The number of ether oxygens (including phenoxy) is 1. The normalized spacial score (nSPS) is 15.4. The molecule has 1 atom stereocenters. The Morgan fingerprint density at radius 2 is 2.06 bits per heavy atom. The second-order valence-corrected chi connectivity index (χ2v) is 4.57. The van der Waals surface area contributed by atoms with Crippen molar-refractivity contribution in [2.24, 2.45) is 0 Å². The Kier molecular flexibility index (Phi) is 8.84. The minimum Gasteiger partial charge on any atom is -0.394 e. The zero-order valence-electron chi connectivity index (χ0n) is 11.3. The summed E-state index contributed by atoms with van der Waals surface area (Å²) in [5.74, 6) is 0. The number of aliphatic hydroxyl groups is 1. The first-order valence-electron chi connectivity index (χ1n) is 6.14. The average Bonchev–Trinajstić information content (AvgIpc) is 2.29. The highest BCUT2D eigenvalue weighted by molar-refractivity contribution is 4.80. The van der Waals surface area contributed by atoms with Crippen molar-refractivity contribution in [3.05, 3.63) is 0 Å². The predicted octanol–water partition coefficient (Wildman–Crippen LogP) is 0.705. The largest absolute Gasteiger partial charge is 0.394 e. The third-order valence-corrected chi connectivity index (χ3v) is 3.04. The van der Waals surface area contributed by atoms with Gasteiger partial charge in [-0.2, -0.15) is 0 Å². The zero-order chi connectivity index (χ0) is 12.4. The van der Waals surface area contributed by atoms with Crippen molar-refractivity contribution in [2.75, 3.05) is 47.0 Å². The Bertz CT molecular complexity index is 161. The van der Waals surface area contributed by atoms with Crippen LogP contribution in [0, 0.1) is 0 Å². The molecule has 0 saturated heterocycles. The molecule has 0 aromatic rings. The molecule has 4 heteroatoms. The summed E-state index contributed by atoms with van der Waals surface area (Å²) >= 11 is 0. The van der Waals surface area contributed by atoms with E-state index in [-0.39, 0.29) is 12.1 Å². The fourth-order valence-electron chi connectivity index (χ4n) is 1.50. The van der Waals surface area contributed by atoms with Gasteiger partial charge in [0.05, 0.1) is 13.2 Å². The molecule has 2 N–H and O–H groups in total. The molecule has 98 valence electrons. The van der Waals surface area contributed by atoms with Gasteiger partial charge in [-0.1, -0.05) is 0 Å². The lowest BCUT2D eigenvalue weighted by Crippen LogP contribution is -2.43. The Labute approximate surface area is 100.0 Å². The van der Waals surface area contributed by atoms with E-state index < -0.39 is 0 Å². The molecular formula is C12H28N2O2. The molecule has 1 unspecified atom stereocenters. The molecule has 0 fully saturated rings. The van der Waals surface area contributed by atoms with Crippen LogP contribution in [-0.4, -0.2) is 62.6 Å². The van der Waals surface area contributed by atoms with E-state index in [1.165, 1.54) is 0 Å². The van der Waals surface area contributed by atoms with Crippen LogP contribution in [0.1, 0.15) is 26.7 Å². The van der Waals surface area contributed by atoms with Crippen molar-refractivity contribution in [3.8, 4) is 0 Å². The van der Waals surface area contributed by atoms with Crippen LogP contribution in [0.15, 0.2) is 0 Å². The number of nitrogens with one attached hydrogen (secondary N) is 1. The smallest absolute Gasteiger partial charge is 0.0610 e. The number of hydrogen-bond donors (Lipinski definition) is 2. The van der Waals surface area contributed by atoms with Crippen molar-refractivity contribution in [1.82, 2.24) is 10.2 Å². The Morgan fingerprint density at radius 1 is 1.38 bits per heavy atom. The van der Waals surface area contributed by atoms with Gasteiger partial charge < -0.3 is 20.1 Å². The Morgan fingerprint density at radius 3 is 2.56 bits per heavy atom. The van der Waals surface area contributed by atoms with Crippen LogP contribution in [0.3, 0.4) is 0 Å². The van der Waals surface area contributed by atoms with E-state index in [0.717, 1.165) is 39.1 Å². The van der Waals surface area contributed by atoms with Crippen molar-refractivity contribution >= 4 is 0 Å². The van der Waals surface area contributed by atoms with Crippen molar-refractivity contribution in [3.63, 3.8) is 0 Å². The minimum absolute atomic E-state index is 0.138. The van der Waals surface area contributed by atoms with Crippen LogP contribution in [0.2, 0.25) is 0 Å². The Hall–Kier alpha value is -0.160.